The minimum Gasteiger partial charge on any atom is -0.325 e. The molecule has 130 valence electrons. The van der Waals surface area contributed by atoms with Crippen LogP contribution in [0, 0.1) is 0 Å². The molecule has 1 N–H and O–H groups in total. The maximum absolute atomic E-state index is 13.2. The molecule has 0 atom stereocenters. The standard InChI is InChI=1S/C19H20ClN3OS/c1-2-10-23-18(24)16-14-8-3-4-9-15(14)25-17(16)22-19(23)21-13-7-5-6-12(20)11-13/h5-7,11H,2-4,8-10H2,1H3,(H,21,22). The molecule has 0 bridgehead atoms. The Balaban J connectivity index is 1.88. The van der Waals surface area contributed by atoms with Gasteiger partial charge >= 0.3 is 0 Å². The normalized spacial score (nSPS) is 13.8. The van der Waals surface area contributed by atoms with E-state index in [1.807, 2.05) is 24.3 Å². The lowest BCUT2D eigenvalue weighted by Gasteiger charge is -2.14. The number of benzene rings is 1. The number of nitrogens with one attached hydrogen (secondary N) is 1. The maximum Gasteiger partial charge on any atom is 0.263 e. The molecule has 0 unspecified atom stereocenters. The molecule has 0 aliphatic heterocycles. The van der Waals surface area contributed by atoms with E-state index in [1.165, 1.54) is 16.9 Å². The van der Waals surface area contributed by atoms with Crippen LogP contribution in [0.2, 0.25) is 5.02 Å². The average molecular weight is 374 g/mol. The van der Waals surface area contributed by atoms with E-state index in [2.05, 4.69) is 12.2 Å². The Morgan fingerprint density at radius 2 is 2.16 bits per heavy atom. The van der Waals surface area contributed by atoms with Crippen LogP contribution in [-0.2, 0) is 19.4 Å². The zero-order valence-electron chi connectivity index (χ0n) is 14.1. The fourth-order valence-electron chi connectivity index (χ4n) is 3.46. The average Bonchev–Trinajstić information content (AvgIpc) is 2.96. The number of halogens is 1. The lowest BCUT2D eigenvalue weighted by atomic mass is 9.97. The molecule has 4 nitrogen and oxygen atoms in total. The SMILES string of the molecule is CCCn1c(Nc2cccc(Cl)c2)nc2sc3c(c2c1=O)CCCC3. The van der Waals surface area contributed by atoms with E-state index in [4.69, 9.17) is 16.6 Å². The van der Waals surface area contributed by atoms with Gasteiger partial charge in [0, 0.05) is 22.1 Å². The van der Waals surface area contributed by atoms with Gasteiger partial charge in [-0.15, -0.1) is 11.3 Å². The first-order valence-corrected chi connectivity index (χ1v) is 9.94. The molecule has 1 aliphatic carbocycles. The molecule has 2 heterocycles. The summed E-state index contributed by atoms with van der Waals surface area (Å²) in [7, 11) is 0. The van der Waals surface area contributed by atoms with Crippen molar-refractivity contribution in [2.75, 3.05) is 5.32 Å². The van der Waals surface area contributed by atoms with E-state index in [0.717, 1.165) is 41.6 Å². The quantitative estimate of drug-likeness (QED) is 0.688. The summed E-state index contributed by atoms with van der Waals surface area (Å²) in [6.45, 7) is 2.72. The number of aromatic nitrogens is 2. The number of nitrogens with zero attached hydrogens (tertiary/aromatic N) is 2. The summed E-state index contributed by atoms with van der Waals surface area (Å²) < 4.78 is 1.77. The topological polar surface area (TPSA) is 46.9 Å². The molecule has 0 amide bonds. The third-order valence-corrected chi connectivity index (χ3v) is 6.02. The van der Waals surface area contributed by atoms with Crippen LogP contribution in [-0.4, -0.2) is 9.55 Å². The highest BCUT2D eigenvalue weighted by atomic mass is 35.5. The Morgan fingerprint density at radius 3 is 2.96 bits per heavy atom. The Hall–Kier alpha value is -1.85. The van der Waals surface area contributed by atoms with Gasteiger partial charge in [-0.05, 0) is 55.9 Å². The van der Waals surface area contributed by atoms with Crippen molar-refractivity contribution in [3.8, 4) is 0 Å². The van der Waals surface area contributed by atoms with Crippen molar-refractivity contribution in [1.82, 2.24) is 9.55 Å². The molecule has 3 aromatic rings. The lowest BCUT2D eigenvalue weighted by molar-refractivity contribution is 0.655. The third kappa shape index (κ3) is 3.07. The molecule has 0 spiro atoms. The molecule has 1 aromatic carbocycles. The van der Waals surface area contributed by atoms with E-state index in [1.54, 1.807) is 15.9 Å². The monoisotopic (exact) mass is 373 g/mol. The van der Waals surface area contributed by atoms with Gasteiger partial charge in [-0.1, -0.05) is 24.6 Å². The van der Waals surface area contributed by atoms with Crippen molar-refractivity contribution in [2.24, 2.45) is 0 Å². The summed E-state index contributed by atoms with van der Waals surface area (Å²) in [4.78, 5) is 20.2. The second-order valence-corrected chi connectivity index (χ2v) is 7.94. The fourth-order valence-corrected chi connectivity index (χ4v) is 4.90. The summed E-state index contributed by atoms with van der Waals surface area (Å²) in [6.07, 6.45) is 5.31. The van der Waals surface area contributed by atoms with Crippen molar-refractivity contribution >= 4 is 44.8 Å². The Labute approximate surface area is 155 Å². The smallest absolute Gasteiger partial charge is 0.263 e. The summed E-state index contributed by atoms with van der Waals surface area (Å²) in [6, 6.07) is 7.48. The number of hydrogen-bond acceptors (Lipinski definition) is 4. The minimum absolute atomic E-state index is 0.0794. The summed E-state index contributed by atoms with van der Waals surface area (Å²) in [5.41, 5.74) is 2.16. The van der Waals surface area contributed by atoms with Crippen LogP contribution in [0.5, 0.6) is 0 Å². The molecule has 0 saturated carbocycles. The number of thiophene rings is 1. The van der Waals surface area contributed by atoms with Gasteiger partial charge in [-0.25, -0.2) is 4.98 Å². The van der Waals surface area contributed by atoms with Gasteiger partial charge in [0.2, 0.25) is 5.95 Å². The van der Waals surface area contributed by atoms with Crippen LogP contribution in [0.15, 0.2) is 29.1 Å². The van der Waals surface area contributed by atoms with Crippen LogP contribution in [0.4, 0.5) is 11.6 Å². The van der Waals surface area contributed by atoms with Crippen molar-refractivity contribution in [3.05, 3.63) is 50.1 Å². The Morgan fingerprint density at radius 1 is 1.32 bits per heavy atom. The van der Waals surface area contributed by atoms with E-state index in [-0.39, 0.29) is 5.56 Å². The second-order valence-electron chi connectivity index (χ2n) is 6.42. The molecule has 6 heteroatoms. The van der Waals surface area contributed by atoms with Gasteiger partial charge in [-0.2, -0.15) is 0 Å². The van der Waals surface area contributed by atoms with Crippen LogP contribution in [0.25, 0.3) is 10.2 Å². The van der Waals surface area contributed by atoms with Gasteiger partial charge < -0.3 is 5.32 Å². The fraction of sp³-hybridized carbons (Fsp3) is 0.368. The van der Waals surface area contributed by atoms with Crippen molar-refractivity contribution in [2.45, 2.75) is 45.6 Å². The molecule has 0 radical (unpaired) electrons. The van der Waals surface area contributed by atoms with Gasteiger partial charge in [-0.3, -0.25) is 9.36 Å². The Bertz CT molecular complexity index is 992. The van der Waals surface area contributed by atoms with Crippen LogP contribution in [0.3, 0.4) is 0 Å². The molecule has 0 fully saturated rings. The predicted octanol–water partition coefficient (Wildman–Crippen LogP) is 5.14. The first kappa shape index (κ1) is 16.6. The molecule has 1 aliphatic rings. The molecule has 25 heavy (non-hydrogen) atoms. The number of anilines is 2. The zero-order chi connectivity index (χ0) is 17.4. The van der Waals surface area contributed by atoms with Gasteiger partial charge in [0.05, 0.1) is 5.39 Å². The largest absolute Gasteiger partial charge is 0.325 e. The van der Waals surface area contributed by atoms with Crippen molar-refractivity contribution < 1.29 is 0 Å². The maximum atomic E-state index is 13.2. The zero-order valence-corrected chi connectivity index (χ0v) is 15.7. The van der Waals surface area contributed by atoms with E-state index >= 15 is 0 Å². The number of rotatable bonds is 4. The molecular weight excluding hydrogens is 354 g/mol. The van der Waals surface area contributed by atoms with Crippen LogP contribution < -0.4 is 10.9 Å². The highest BCUT2D eigenvalue weighted by Crippen LogP contribution is 2.34. The minimum atomic E-state index is 0.0794. The van der Waals surface area contributed by atoms with Gasteiger partial charge in [0.25, 0.3) is 5.56 Å². The Kier molecular flexibility index (Phi) is 4.52. The molecule has 0 saturated heterocycles. The van der Waals surface area contributed by atoms with Gasteiger partial charge in [0.15, 0.2) is 0 Å². The first-order chi connectivity index (χ1) is 12.2. The lowest BCUT2D eigenvalue weighted by Crippen LogP contribution is -2.24. The summed E-state index contributed by atoms with van der Waals surface area (Å²) in [5.74, 6) is 0.597. The number of hydrogen-bond donors (Lipinski definition) is 1. The summed E-state index contributed by atoms with van der Waals surface area (Å²) >= 11 is 7.76. The van der Waals surface area contributed by atoms with E-state index < -0.39 is 0 Å². The van der Waals surface area contributed by atoms with E-state index in [9.17, 15) is 4.79 Å². The number of fused-ring (bicyclic) bond motifs is 3. The van der Waals surface area contributed by atoms with Crippen LogP contribution >= 0.6 is 22.9 Å². The molecule has 4 rings (SSSR count). The molecule has 2 aromatic heterocycles. The van der Waals surface area contributed by atoms with E-state index in [0.29, 0.717) is 17.5 Å². The molecular formula is C19H20ClN3OS. The van der Waals surface area contributed by atoms with Crippen molar-refractivity contribution in [3.63, 3.8) is 0 Å². The second kappa shape index (κ2) is 6.81. The highest BCUT2D eigenvalue weighted by molar-refractivity contribution is 7.18. The number of aryl methyl sites for hydroxylation is 2. The third-order valence-electron chi connectivity index (χ3n) is 4.60. The van der Waals surface area contributed by atoms with Crippen LogP contribution in [0.1, 0.15) is 36.6 Å². The van der Waals surface area contributed by atoms with Gasteiger partial charge in [0.1, 0.15) is 4.83 Å². The summed E-state index contributed by atoms with van der Waals surface area (Å²) in [5, 5.41) is 4.78. The first-order valence-electron chi connectivity index (χ1n) is 8.75. The predicted molar refractivity (Wildman–Crippen MR) is 106 cm³/mol. The highest BCUT2D eigenvalue weighted by Gasteiger charge is 2.22. The van der Waals surface area contributed by atoms with Crippen molar-refractivity contribution in [1.29, 1.82) is 0 Å².